The van der Waals surface area contributed by atoms with E-state index >= 15 is 0 Å². The van der Waals surface area contributed by atoms with Crippen molar-refractivity contribution in [2.75, 3.05) is 0 Å². The molecule has 0 aliphatic heterocycles. The Morgan fingerprint density at radius 1 is 1.09 bits per heavy atom. The summed E-state index contributed by atoms with van der Waals surface area (Å²) in [6, 6.07) is 18.1. The summed E-state index contributed by atoms with van der Waals surface area (Å²) in [5, 5.41) is 3.18. The Bertz CT molecular complexity index is 610. The summed E-state index contributed by atoms with van der Waals surface area (Å²) in [7, 11) is 0. The maximum absolute atomic E-state index is 12.4. The second kappa shape index (κ2) is 8.14. The van der Waals surface area contributed by atoms with Gasteiger partial charge in [-0.05, 0) is 35.6 Å². The first-order valence-corrected chi connectivity index (χ1v) is 8.42. The molecule has 0 radical (unpaired) electrons. The lowest BCUT2D eigenvalue weighted by atomic mass is 9.96. The van der Waals surface area contributed by atoms with Crippen LogP contribution in [0, 0.1) is 5.92 Å². The average molecular weight is 360 g/mol. The summed E-state index contributed by atoms with van der Waals surface area (Å²) >= 11 is 3.44. The molecule has 0 unspecified atom stereocenters. The van der Waals surface area contributed by atoms with Crippen LogP contribution in [0.1, 0.15) is 37.4 Å². The van der Waals surface area contributed by atoms with Crippen LogP contribution in [0.15, 0.2) is 59.1 Å². The van der Waals surface area contributed by atoms with Crippen molar-refractivity contribution in [2.24, 2.45) is 5.92 Å². The fourth-order valence-electron chi connectivity index (χ4n) is 2.51. The standard InChI is InChI=1S/C19H22BrNO/c1-14(2)11-18(16-8-4-3-5-9-16)21-19(22)13-15-7-6-10-17(20)12-15/h3-10,12,14,18H,11,13H2,1-2H3,(H,21,22)/t18-/m0/s1. The van der Waals surface area contributed by atoms with E-state index in [2.05, 4.69) is 47.2 Å². The van der Waals surface area contributed by atoms with E-state index in [1.54, 1.807) is 0 Å². The second-order valence-electron chi connectivity index (χ2n) is 5.97. The zero-order chi connectivity index (χ0) is 15.9. The molecule has 0 aromatic heterocycles. The van der Waals surface area contributed by atoms with Crippen molar-refractivity contribution >= 4 is 21.8 Å². The molecule has 1 amide bonds. The van der Waals surface area contributed by atoms with Crippen molar-refractivity contribution in [3.63, 3.8) is 0 Å². The Morgan fingerprint density at radius 2 is 1.82 bits per heavy atom. The number of rotatable bonds is 6. The summed E-state index contributed by atoms with van der Waals surface area (Å²) in [5.41, 5.74) is 2.18. The zero-order valence-electron chi connectivity index (χ0n) is 13.1. The Morgan fingerprint density at radius 3 is 2.45 bits per heavy atom. The van der Waals surface area contributed by atoms with Crippen molar-refractivity contribution in [3.8, 4) is 0 Å². The van der Waals surface area contributed by atoms with Crippen molar-refractivity contribution in [2.45, 2.75) is 32.7 Å². The molecule has 0 aliphatic carbocycles. The molecule has 0 bridgehead atoms. The van der Waals surface area contributed by atoms with Crippen LogP contribution in [0.25, 0.3) is 0 Å². The van der Waals surface area contributed by atoms with Gasteiger partial charge in [0, 0.05) is 4.47 Å². The molecule has 0 aliphatic rings. The van der Waals surface area contributed by atoms with Gasteiger partial charge < -0.3 is 5.32 Å². The Hall–Kier alpha value is -1.61. The van der Waals surface area contributed by atoms with E-state index in [9.17, 15) is 4.79 Å². The van der Waals surface area contributed by atoms with Crippen LogP contribution in [0.5, 0.6) is 0 Å². The molecule has 2 rings (SSSR count). The lowest BCUT2D eigenvalue weighted by Gasteiger charge is -2.21. The van der Waals surface area contributed by atoms with Crippen LogP contribution >= 0.6 is 15.9 Å². The third-order valence-corrected chi connectivity index (χ3v) is 3.99. The molecule has 3 heteroatoms. The molecule has 1 atom stereocenters. The smallest absolute Gasteiger partial charge is 0.224 e. The first-order valence-electron chi connectivity index (χ1n) is 7.63. The van der Waals surface area contributed by atoms with E-state index < -0.39 is 0 Å². The summed E-state index contributed by atoms with van der Waals surface area (Å²) in [6.45, 7) is 4.35. The molecule has 0 fully saturated rings. The largest absolute Gasteiger partial charge is 0.349 e. The van der Waals surface area contributed by atoms with E-state index in [0.29, 0.717) is 12.3 Å². The number of amides is 1. The highest BCUT2D eigenvalue weighted by Gasteiger charge is 2.16. The molecule has 0 saturated heterocycles. The lowest BCUT2D eigenvalue weighted by molar-refractivity contribution is -0.121. The minimum absolute atomic E-state index is 0.0626. The zero-order valence-corrected chi connectivity index (χ0v) is 14.6. The number of benzene rings is 2. The number of nitrogens with one attached hydrogen (secondary N) is 1. The molecule has 116 valence electrons. The highest BCUT2D eigenvalue weighted by Crippen LogP contribution is 2.21. The van der Waals surface area contributed by atoms with Crippen molar-refractivity contribution in [3.05, 3.63) is 70.2 Å². The van der Waals surface area contributed by atoms with Gasteiger partial charge in [0.05, 0.1) is 12.5 Å². The topological polar surface area (TPSA) is 29.1 Å². The van der Waals surface area contributed by atoms with E-state index in [0.717, 1.165) is 16.5 Å². The number of carbonyl (C=O) groups excluding carboxylic acids is 1. The van der Waals surface area contributed by atoms with Crippen molar-refractivity contribution in [1.29, 1.82) is 0 Å². The Kier molecular flexibility index (Phi) is 6.20. The van der Waals surface area contributed by atoms with Gasteiger partial charge in [-0.25, -0.2) is 0 Å². The van der Waals surface area contributed by atoms with E-state index in [4.69, 9.17) is 0 Å². The highest BCUT2D eigenvalue weighted by atomic mass is 79.9. The number of hydrogen-bond acceptors (Lipinski definition) is 1. The molecule has 2 nitrogen and oxygen atoms in total. The number of carbonyl (C=O) groups is 1. The minimum atomic E-state index is 0.0626. The van der Waals surface area contributed by atoms with Gasteiger partial charge in [-0.15, -0.1) is 0 Å². The van der Waals surface area contributed by atoms with Crippen LogP contribution in [-0.2, 0) is 11.2 Å². The molecule has 0 spiro atoms. The van der Waals surface area contributed by atoms with Gasteiger partial charge in [-0.1, -0.05) is 72.2 Å². The molecule has 2 aromatic rings. The SMILES string of the molecule is CC(C)C[C@H](NC(=O)Cc1cccc(Br)c1)c1ccccc1. The van der Waals surface area contributed by atoms with Crippen LogP contribution < -0.4 is 5.32 Å². The first kappa shape index (κ1) is 16.8. The monoisotopic (exact) mass is 359 g/mol. The third kappa shape index (κ3) is 5.30. The molecule has 22 heavy (non-hydrogen) atoms. The molecule has 0 saturated carbocycles. The highest BCUT2D eigenvalue weighted by molar-refractivity contribution is 9.10. The summed E-state index contributed by atoms with van der Waals surface area (Å²) in [4.78, 5) is 12.4. The predicted molar refractivity (Wildman–Crippen MR) is 94.6 cm³/mol. The van der Waals surface area contributed by atoms with Gasteiger partial charge in [-0.3, -0.25) is 4.79 Å². The lowest BCUT2D eigenvalue weighted by Crippen LogP contribution is -2.30. The van der Waals surface area contributed by atoms with Gasteiger partial charge >= 0.3 is 0 Å². The minimum Gasteiger partial charge on any atom is -0.349 e. The number of halogens is 1. The van der Waals surface area contributed by atoms with Crippen molar-refractivity contribution in [1.82, 2.24) is 5.32 Å². The van der Waals surface area contributed by atoms with Gasteiger partial charge in [-0.2, -0.15) is 0 Å². The van der Waals surface area contributed by atoms with Gasteiger partial charge in [0.15, 0.2) is 0 Å². The van der Waals surface area contributed by atoms with Crippen LogP contribution in [0.3, 0.4) is 0 Å². The van der Waals surface area contributed by atoms with E-state index in [1.165, 1.54) is 5.56 Å². The van der Waals surface area contributed by atoms with Gasteiger partial charge in [0.1, 0.15) is 0 Å². The Labute approximate surface area is 141 Å². The fraction of sp³-hybridized carbons (Fsp3) is 0.316. The molecule has 1 N–H and O–H groups in total. The number of hydrogen-bond donors (Lipinski definition) is 1. The molecular formula is C19H22BrNO. The van der Waals surface area contributed by atoms with E-state index in [1.807, 2.05) is 42.5 Å². The van der Waals surface area contributed by atoms with Gasteiger partial charge in [0.25, 0.3) is 0 Å². The fourth-order valence-corrected chi connectivity index (χ4v) is 2.96. The normalized spacial score (nSPS) is 12.2. The summed E-state index contributed by atoms with van der Waals surface area (Å²) in [5.74, 6) is 0.587. The predicted octanol–water partition coefficient (Wildman–Crippen LogP) is 4.90. The molecule has 2 aromatic carbocycles. The quantitative estimate of drug-likeness (QED) is 0.780. The van der Waals surface area contributed by atoms with Crippen LogP contribution in [0.4, 0.5) is 0 Å². The first-order chi connectivity index (χ1) is 10.5. The molecular weight excluding hydrogens is 338 g/mol. The van der Waals surface area contributed by atoms with Crippen molar-refractivity contribution < 1.29 is 4.79 Å². The van der Waals surface area contributed by atoms with Gasteiger partial charge in [0.2, 0.25) is 5.91 Å². The molecule has 0 heterocycles. The average Bonchev–Trinajstić information content (AvgIpc) is 2.47. The second-order valence-corrected chi connectivity index (χ2v) is 6.88. The van der Waals surface area contributed by atoms with Crippen LogP contribution in [-0.4, -0.2) is 5.91 Å². The summed E-state index contributed by atoms with van der Waals surface area (Å²) < 4.78 is 1.000. The maximum atomic E-state index is 12.4. The third-order valence-electron chi connectivity index (χ3n) is 3.50. The summed E-state index contributed by atoms with van der Waals surface area (Å²) in [6.07, 6.45) is 1.34. The van der Waals surface area contributed by atoms with E-state index in [-0.39, 0.29) is 11.9 Å². The van der Waals surface area contributed by atoms with Crippen LogP contribution in [0.2, 0.25) is 0 Å². The Balaban J connectivity index is 2.05. The maximum Gasteiger partial charge on any atom is 0.224 e.